The summed E-state index contributed by atoms with van der Waals surface area (Å²) in [6.45, 7) is 0.667. The molecule has 1 heterocycles. The van der Waals surface area contributed by atoms with Gasteiger partial charge in [0.05, 0.1) is 6.10 Å². The van der Waals surface area contributed by atoms with E-state index in [2.05, 4.69) is 5.32 Å². The van der Waals surface area contributed by atoms with E-state index in [1.165, 1.54) is 12.8 Å². The molecule has 1 aliphatic heterocycles. The minimum Gasteiger partial charge on any atom is -0.490 e. The van der Waals surface area contributed by atoms with Crippen molar-refractivity contribution in [1.29, 1.82) is 0 Å². The van der Waals surface area contributed by atoms with Crippen LogP contribution in [0.15, 0.2) is 48.5 Å². The minimum absolute atomic E-state index is 0.0876. The lowest BCUT2D eigenvalue weighted by Gasteiger charge is -2.16. The predicted molar refractivity (Wildman–Crippen MR) is 111 cm³/mol. The van der Waals surface area contributed by atoms with Crippen molar-refractivity contribution < 1.29 is 19.1 Å². The number of anilines is 2. The molecule has 6 nitrogen and oxygen atoms in total. The lowest BCUT2D eigenvalue weighted by molar-refractivity contribution is -0.118. The molecule has 1 saturated heterocycles. The van der Waals surface area contributed by atoms with Gasteiger partial charge in [-0.05, 0) is 68.5 Å². The van der Waals surface area contributed by atoms with Crippen LogP contribution in [0.2, 0.25) is 0 Å². The molecule has 2 aromatic carbocycles. The van der Waals surface area contributed by atoms with Gasteiger partial charge < -0.3 is 19.7 Å². The van der Waals surface area contributed by atoms with E-state index in [-0.39, 0.29) is 24.5 Å². The third-order valence-corrected chi connectivity index (χ3v) is 5.31. The number of nitrogens with zero attached hydrogens (tertiary/aromatic N) is 1. The maximum atomic E-state index is 12.2. The minimum atomic E-state index is -0.234. The summed E-state index contributed by atoms with van der Waals surface area (Å²) in [5, 5.41) is 2.84. The van der Waals surface area contributed by atoms with Crippen molar-refractivity contribution in [2.75, 3.05) is 23.4 Å². The first-order valence-electron chi connectivity index (χ1n) is 10.3. The number of hydrogen-bond acceptors (Lipinski definition) is 4. The fourth-order valence-electron chi connectivity index (χ4n) is 3.84. The van der Waals surface area contributed by atoms with E-state index in [1.54, 1.807) is 17.0 Å². The third kappa shape index (κ3) is 5.08. The highest BCUT2D eigenvalue weighted by molar-refractivity contribution is 5.95. The Balaban J connectivity index is 1.27. The van der Waals surface area contributed by atoms with E-state index in [9.17, 15) is 9.59 Å². The number of nitrogens with one attached hydrogen (secondary N) is 1. The average molecular weight is 394 g/mol. The molecule has 0 bridgehead atoms. The van der Waals surface area contributed by atoms with Crippen molar-refractivity contribution in [3.8, 4) is 11.5 Å². The molecule has 29 heavy (non-hydrogen) atoms. The van der Waals surface area contributed by atoms with Gasteiger partial charge in [-0.25, -0.2) is 0 Å². The normalized spacial score (nSPS) is 16.8. The van der Waals surface area contributed by atoms with Crippen LogP contribution in [-0.4, -0.2) is 31.1 Å². The zero-order valence-corrected chi connectivity index (χ0v) is 16.4. The SMILES string of the molecule is O=C(COc1ccc(N2CCCC2=O)cc1)Nc1cccc(OC2CCCC2)c1. The molecule has 0 unspecified atom stereocenters. The first-order valence-corrected chi connectivity index (χ1v) is 10.3. The molecule has 0 atom stereocenters. The molecule has 1 saturated carbocycles. The maximum absolute atomic E-state index is 12.2. The molecule has 2 aromatic rings. The molecule has 2 fully saturated rings. The molecule has 1 aliphatic carbocycles. The van der Waals surface area contributed by atoms with Gasteiger partial charge >= 0.3 is 0 Å². The number of hydrogen-bond donors (Lipinski definition) is 1. The first-order chi connectivity index (χ1) is 14.2. The van der Waals surface area contributed by atoms with E-state index in [4.69, 9.17) is 9.47 Å². The van der Waals surface area contributed by atoms with E-state index in [0.717, 1.165) is 37.2 Å². The van der Waals surface area contributed by atoms with Crippen molar-refractivity contribution in [3.63, 3.8) is 0 Å². The smallest absolute Gasteiger partial charge is 0.262 e. The van der Waals surface area contributed by atoms with Gasteiger partial charge in [-0.3, -0.25) is 9.59 Å². The summed E-state index contributed by atoms with van der Waals surface area (Å²) in [6.07, 6.45) is 6.39. The monoisotopic (exact) mass is 394 g/mol. The molecule has 2 amide bonds. The van der Waals surface area contributed by atoms with Gasteiger partial charge in [0.15, 0.2) is 6.61 Å². The lowest BCUT2D eigenvalue weighted by Crippen LogP contribution is -2.23. The second-order valence-corrected chi connectivity index (χ2v) is 7.53. The van der Waals surface area contributed by atoms with Crippen LogP contribution in [-0.2, 0) is 9.59 Å². The molecule has 152 valence electrons. The summed E-state index contributed by atoms with van der Waals surface area (Å²) in [7, 11) is 0. The van der Waals surface area contributed by atoms with Gasteiger partial charge in [0.2, 0.25) is 5.91 Å². The number of amides is 2. The predicted octanol–water partition coefficient (Wildman–Crippen LogP) is 4.15. The van der Waals surface area contributed by atoms with E-state index in [1.807, 2.05) is 36.4 Å². The Bertz CT molecular complexity index is 859. The zero-order chi connectivity index (χ0) is 20.1. The Morgan fingerprint density at radius 2 is 1.83 bits per heavy atom. The van der Waals surface area contributed by atoms with E-state index >= 15 is 0 Å². The van der Waals surface area contributed by atoms with Crippen LogP contribution >= 0.6 is 0 Å². The molecule has 0 aromatic heterocycles. The van der Waals surface area contributed by atoms with Crippen molar-refractivity contribution in [3.05, 3.63) is 48.5 Å². The van der Waals surface area contributed by atoms with Gasteiger partial charge in [-0.2, -0.15) is 0 Å². The first kappa shape index (κ1) is 19.3. The number of carbonyl (C=O) groups is 2. The van der Waals surface area contributed by atoms with Gasteiger partial charge in [0.1, 0.15) is 11.5 Å². The Kier molecular flexibility index (Phi) is 5.98. The molecule has 0 radical (unpaired) electrons. The Hall–Kier alpha value is -3.02. The van der Waals surface area contributed by atoms with Gasteiger partial charge in [-0.1, -0.05) is 6.07 Å². The summed E-state index contributed by atoms with van der Waals surface area (Å²) < 4.78 is 11.6. The standard InChI is InChI=1S/C23H26N2O4/c26-22(24-17-5-3-8-21(15-17)29-20-6-1-2-7-20)16-28-19-12-10-18(11-13-19)25-14-4-9-23(25)27/h3,5,8,10-13,15,20H,1-2,4,6-7,9,14,16H2,(H,24,26). The van der Waals surface area contributed by atoms with Crippen LogP contribution < -0.4 is 19.7 Å². The second-order valence-electron chi connectivity index (χ2n) is 7.53. The topological polar surface area (TPSA) is 67.9 Å². The van der Waals surface area contributed by atoms with Crippen molar-refractivity contribution >= 4 is 23.2 Å². The molecule has 2 aliphatic rings. The fraction of sp³-hybridized carbons (Fsp3) is 0.391. The van der Waals surface area contributed by atoms with Crippen LogP contribution in [0.4, 0.5) is 11.4 Å². The van der Waals surface area contributed by atoms with Crippen molar-refractivity contribution in [2.45, 2.75) is 44.6 Å². The molecular formula is C23H26N2O4. The molecule has 6 heteroatoms. The summed E-state index contributed by atoms with van der Waals surface area (Å²) in [5.41, 5.74) is 1.56. The lowest BCUT2D eigenvalue weighted by atomic mass is 10.2. The van der Waals surface area contributed by atoms with Crippen LogP contribution in [0.25, 0.3) is 0 Å². The Morgan fingerprint density at radius 1 is 1.03 bits per heavy atom. The van der Waals surface area contributed by atoms with Gasteiger partial charge in [-0.15, -0.1) is 0 Å². The Morgan fingerprint density at radius 3 is 2.55 bits per heavy atom. The Labute approximate surface area is 170 Å². The number of benzene rings is 2. The number of ether oxygens (including phenoxy) is 2. The van der Waals surface area contributed by atoms with Crippen LogP contribution in [0.1, 0.15) is 38.5 Å². The van der Waals surface area contributed by atoms with Crippen LogP contribution in [0.5, 0.6) is 11.5 Å². The second kappa shape index (κ2) is 8.99. The quantitative estimate of drug-likeness (QED) is 0.766. The summed E-state index contributed by atoms with van der Waals surface area (Å²) in [6, 6.07) is 14.7. The summed E-state index contributed by atoms with van der Waals surface area (Å²) in [5.74, 6) is 1.29. The highest BCUT2D eigenvalue weighted by atomic mass is 16.5. The van der Waals surface area contributed by atoms with E-state index < -0.39 is 0 Å². The maximum Gasteiger partial charge on any atom is 0.262 e. The van der Waals surface area contributed by atoms with E-state index in [0.29, 0.717) is 17.9 Å². The molecule has 4 rings (SSSR count). The largest absolute Gasteiger partial charge is 0.490 e. The highest BCUT2D eigenvalue weighted by Crippen LogP contribution is 2.26. The van der Waals surface area contributed by atoms with Crippen molar-refractivity contribution in [1.82, 2.24) is 0 Å². The van der Waals surface area contributed by atoms with Gasteiger partial charge in [0, 0.05) is 30.4 Å². The zero-order valence-electron chi connectivity index (χ0n) is 16.4. The van der Waals surface area contributed by atoms with Gasteiger partial charge in [0.25, 0.3) is 5.91 Å². The number of carbonyl (C=O) groups excluding carboxylic acids is 2. The van der Waals surface area contributed by atoms with Crippen LogP contribution in [0, 0.1) is 0 Å². The summed E-state index contributed by atoms with van der Waals surface area (Å²) >= 11 is 0. The molecular weight excluding hydrogens is 368 g/mol. The number of rotatable bonds is 7. The molecule has 1 N–H and O–H groups in total. The average Bonchev–Trinajstić information content (AvgIpc) is 3.39. The van der Waals surface area contributed by atoms with Crippen LogP contribution in [0.3, 0.4) is 0 Å². The third-order valence-electron chi connectivity index (χ3n) is 5.31. The van der Waals surface area contributed by atoms with Crippen molar-refractivity contribution in [2.24, 2.45) is 0 Å². The molecule has 0 spiro atoms. The highest BCUT2D eigenvalue weighted by Gasteiger charge is 2.21. The fourth-order valence-corrected chi connectivity index (χ4v) is 3.84. The summed E-state index contributed by atoms with van der Waals surface area (Å²) in [4.78, 5) is 25.8.